The summed E-state index contributed by atoms with van der Waals surface area (Å²) in [5.41, 5.74) is 0.151. The molecule has 3 heterocycles. The molecule has 32 heavy (non-hydrogen) atoms. The summed E-state index contributed by atoms with van der Waals surface area (Å²) >= 11 is 0. The second-order valence-corrected chi connectivity index (χ2v) is 9.17. The molecule has 176 valence electrons. The van der Waals surface area contributed by atoms with Gasteiger partial charge in [0.25, 0.3) is 0 Å². The van der Waals surface area contributed by atoms with Crippen molar-refractivity contribution in [3.05, 3.63) is 30.0 Å². The molecular formula is C24H35N3O5. The fourth-order valence-electron chi connectivity index (χ4n) is 4.09. The fraction of sp³-hybridized carbons (Fsp3) is 0.625. The SMILES string of the molecule is CCOC(=O)/C=C/c1ccc(N(C(=O)OC(C)(C)C)[C@@H]2CCN(C3CCOCC3)C2)nc1. The Hall–Kier alpha value is -2.45. The van der Waals surface area contributed by atoms with Crippen molar-refractivity contribution >= 4 is 24.0 Å². The first-order chi connectivity index (χ1) is 15.3. The third-order valence-electron chi connectivity index (χ3n) is 5.57. The standard InChI is InChI=1S/C24H35N3O5/c1-5-31-22(28)9-7-18-6-8-21(25-16-18)27(23(29)32-24(2,3)4)20-10-13-26(17-20)19-11-14-30-15-12-19/h6-9,16,19-20H,5,10-15,17H2,1-4H3/b9-7+/t20-/m1/s1. The summed E-state index contributed by atoms with van der Waals surface area (Å²) in [7, 11) is 0. The zero-order valence-electron chi connectivity index (χ0n) is 19.6. The Labute approximate surface area is 190 Å². The predicted molar refractivity (Wildman–Crippen MR) is 122 cm³/mol. The third-order valence-corrected chi connectivity index (χ3v) is 5.57. The van der Waals surface area contributed by atoms with Crippen LogP contribution in [0.2, 0.25) is 0 Å². The number of likely N-dealkylation sites (tertiary alicyclic amines) is 1. The molecule has 0 radical (unpaired) electrons. The van der Waals surface area contributed by atoms with E-state index in [0.717, 1.165) is 51.1 Å². The van der Waals surface area contributed by atoms with E-state index in [4.69, 9.17) is 14.2 Å². The van der Waals surface area contributed by atoms with Crippen LogP contribution in [-0.2, 0) is 19.0 Å². The molecule has 0 bridgehead atoms. The summed E-state index contributed by atoms with van der Waals surface area (Å²) in [4.78, 5) is 33.4. The van der Waals surface area contributed by atoms with Gasteiger partial charge in [0, 0.05) is 44.6 Å². The molecular weight excluding hydrogens is 410 g/mol. The number of carbonyl (C=O) groups excluding carboxylic acids is 2. The topological polar surface area (TPSA) is 81.2 Å². The van der Waals surface area contributed by atoms with Gasteiger partial charge in [-0.25, -0.2) is 14.6 Å². The van der Waals surface area contributed by atoms with Crippen molar-refractivity contribution in [3.63, 3.8) is 0 Å². The minimum Gasteiger partial charge on any atom is -0.463 e. The molecule has 0 saturated carbocycles. The van der Waals surface area contributed by atoms with Gasteiger partial charge in [0.15, 0.2) is 0 Å². The van der Waals surface area contributed by atoms with Crippen LogP contribution in [-0.4, -0.2) is 72.5 Å². The second kappa shape index (κ2) is 10.9. The number of esters is 1. The van der Waals surface area contributed by atoms with Crippen LogP contribution in [0.15, 0.2) is 24.4 Å². The van der Waals surface area contributed by atoms with Gasteiger partial charge in [0.05, 0.1) is 12.6 Å². The van der Waals surface area contributed by atoms with Crippen molar-refractivity contribution < 1.29 is 23.8 Å². The molecule has 0 spiro atoms. The fourth-order valence-corrected chi connectivity index (χ4v) is 4.09. The molecule has 2 saturated heterocycles. The number of nitrogens with zero attached hydrogens (tertiary/aromatic N) is 3. The van der Waals surface area contributed by atoms with Crippen LogP contribution >= 0.6 is 0 Å². The van der Waals surface area contributed by atoms with Crippen molar-refractivity contribution in [1.29, 1.82) is 0 Å². The van der Waals surface area contributed by atoms with Gasteiger partial charge in [0.1, 0.15) is 11.4 Å². The summed E-state index contributed by atoms with van der Waals surface area (Å²) in [6.45, 7) is 11.0. The molecule has 1 atom stereocenters. The molecule has 1 amide bonds. The van der Waals surface area contributed by atoms with E-state index in [1.165, 1.54) is 6.08 Å². The number of rotatable bonds is 6. The van der Waals surface area contributed by atoms with E-state index >= 15 is 0 Å². The highest BCUT2D eigenvalue weighted by Gasteiger charge is 2.37. The van der Waals surface area contributed by atoms with Gasteiger partial charge in [0.2, 0.25) is 0 Å². The molecule has 2 aliphatic heterocycles. The average Bonchev–Trinajstić information content (AvgIpc) is 3.22. The molecule has 2 fully saturated rings. The van der Waals surface area contributed by atoms with Gasteiger partial charge in [-0.2, -0.15) is 0 Å². The number of hydrogen-bond donors (Lipinski definition) is 0. The minimum absolute atomic E-state index is 0.0129. The summed E-state index contributed by atoms with van der Waals surface area (Å²) in [6, 6.07) is 4.12. The van der Waals surface area contributed by atoms with E-state index in [-0.39, 0.29) is 6.04 Å². The maximum absolute atomic E-state index is 13.2. The molecule has 8 nitrogen and oxygen atoms in total. The second-order valence-electron chi connectivity index (χ2n) is 9.17. The van der Waals surface area contributed by atoms with Gasteiger partial charge < -0.3 is 14.2 Å². The van der Waals surface area contributed by atoms with Gasteiger partial charge in [-0.3, -0.25) is 9.80 Å². The quantitative estimate of drug-likeness (QED) is 0.488. The summed E-state index contributed by atoms with van der Waals surface area (Å²) in [6.07, 6.45) is 7.19. The van der Waals surface area contributed by atoms with E-state index in [0.29, 0.717) is 18.5 Å². The van der Waals surface area contributed by atoms with Crippen LogP contribution in [0.4, 0.5) is 10.6 Å². The van der Waals surface area contributed by atoms with Gasteiger partial charge in [-0.1, -0.05) is 0 Å². The molecule has 0 aliphatic carbocycles. The molecule has 0 aromatic carbocycles. The number of carbonyl (C=O) groups is 2. The third kappa shape index (κ3) is 6.77. The Kier molecular flexibility index (Phi) is 8.26. The number of amides is 1. The number of ether oxygens (including phenoxy) is 3. The first-order valence-corrected chi connectivity index (χ1v) is 11.4. The zero-order valence-corrected chi connectivity index (χ0v) is 19.6. The zero-order chi connectivity index (χ0) is 23.1. The van der Waals surface area contributed by atoms with Crippen molar-refractivity contribution in [3.8, 4) is 0 Å². The molecule has 0 N–H and O–H groups in total. The molecule has 0 unspecified atom stereocenters. The molecule has 3 rings (SSSR count). The van der Waals surface area contributed by atoms with E-state index in [1.54, 1.807) is 30.2 Å². The van der Waals surface area contributed by atoms with E-state index < -0.39 is 17.7 Å². The maximum atomic E-state index is 13.2. The van der Waals surface area contributed by atoms with Crippen molar-refractivity contribution in [2.45, 2.75) is 64.6 Å². The smallest absolute Gasteiger partial charge is 0.416 e. The lowest BCUT2D eigenvalue weighted by molar-refractivity contribution is -0.137. The van der Waals surface area contributed by atoms with Crippen LogP contribution in [0.5, 0.6) is 0 Å². The van der Waals surface area contributed by atoms with Crippen molar-refractivity contribution in [1.82, 2.24) is 9.88 Å². The van der Waals surface area contributed by atoms with Gasteiger partial charge >= 0.3 is 12.1 Å². The van der Waals surface area contributed by atoms with Crippen molar-refractivity contribution in [2.75, 3.05) is 37.8 Å². The highest BCUT2D eigenvalue weighted by atomic mass is 16.6. The summed E-state index contributed by atoms with van der Waals surface area (Å²) in [5.74, 6) is 0.150. The first-order valence-electron chi connectivity index (χ1n) is 11.4. The van der Waals surface area contributed by atoms with Crippen LogP contribution < -0.4 is 4.90 Å². The van der Waals surface area contributed by atoms with Crippen LogP contribution in [0, 0.1) is 0 Å². The lowest BCUT2D eigenvalue weighted by atomic mass is 10.1. The Morgan fingerprint density at radius 1 is 1.25 bits per heavy atom. The number of aromatic nitrogens is 1. The first kappa shape index (κ1) is 24.2. The Bertz CT molecular complexity index is 797. The van der Waals surface area contributed by atoms with Gasteiger partial charge in [-0.15, -0.1) is 0 Å². The number of anilines is 1. The average molecular weight is 446 g/mol. The monoisotopic (exact) mass is 445 g/mol. The number of pyridine rings is 1. The van der Waals surface area contributed by atoms with Crippen LogP contribution in [0.3, 0.4) is 0 Å². The van der Waals surface area contributed by atoms with Crippen molar-refractivity contribution in [2.24, 2.45) is 0 Å². The molecule has 1 aromatic rings. The van der Waals surface area contributed by atoms with E-state index in [2.05, 4.69) is 9.88 Å². The summed E-state index contributed by atoms with van der Waals surface area (Å²) in [5, 5.41) is 0. The Balaban J connectivity index is 1.76. The lowest BCUT2D eigenvalue weighted by Gasteiger charge is -2.33. The van der Waals surface area contributed by atoms with Crippen LogP contribution in [0.25, 0.3) is 6.08 Å². The predicted octanol–water partition coefficient (Wildman–Crippen LogP) is 3.65. The Morgan fingerprint density at radius 3 is 2.62 bits per heavy atom. The molecule has 8 heteroatoms. The van der Waals surface area contributed by atoms with Crippen LogP contribution in [0.1, 0.15) is 52.5 Å². The van der Waals surface area contributed by atoms with E-state index in [9.17, 15) is 9.59 Å². The molecule has 2 aliphatic rings. The largest absolute Gasteiger partial charge is 0.463 e. The number of hydrogen-bond acceptors (Lipinski definition) is 7. The van der Waals surface area contributed by atoms with Gasteiger partial charge in [-0.05, 0) is 70.7 Å². The maximum Gasteiger partial charge on any atom is 0.416 e. The highest BCUT2D eigenvalue weighted by molar-refractivity contribution is 5.88. The normalized spacial score (nSPS) is 20.4. The highest BCUT2D eigenvalue weighted by Crippen LogP contribution is 2.27. The van der Waals surface area contributed by atoms with E-state index in [1.807, 2.05) is 26.8 Å². The Morgan fingerprint density at radius 2 is 2.00 bits per heavy atom. The lowest BCUT2D eigenvalue weighted by Crippen LogP contribution is -2.46. The minimum atomic E-state index is -0.601. The summed E-state index contributed by atoms with van der Waals surface area (Å²) < 4.78 is 16.1. The molecule has 1 aromatic heterocycles.